The monoisotopic (exact) mass is 104 g/mol. The van der Waals surface area contributed by atoms with Crippen molar-refractivity contribution in [3.8, 4) is 0 Å². The van der Waals surface area contributed by atoms with Crippen molar-refractivity contribution < 1.29 is 26.5 Å². The summed E-state index contributed by atoms with van der Waals surface area (Å²) in [5.74, 6) is 0. The minimum atomic E-state index is 0. The molecule has 0 fully saturated rings. The van der Waals surface area contributed by atoms with Gasteiger partial charge in [-0.05, 0) is 0 Å². The largest absolute Gasteiger partial charge is 0.316 e. The Kier molecular flexibility index (Phi) is 149. The van der Waals surface area contributed by atoms with Gasteiger partial charge in [-0.15, -0.1) is 0 Å². The van der Waals surface area contributed by atoms with Gasteiger partial charge in [-0.3, -0.25) is 0 Å². The molecule has 0 aliphatic heterocycles. The van der Waals surface area contributed by atoms with Crippen LogP contribution < -0.4 is 0 Å². The molecule has 3 heteroatoms. The Hall–Kier alpha value is 1.15. The standard InChI is InChI=1S/CH2O.Mg.Ti.2H/c1-2;;;;/h1H2;;;;. The van der Waals surface area contributed by atoms with Crippen LogP contribution >= 0.6 is 0 Å². The molecular formula is CH4MgOTi. The molecule has 0 atom stereocenters. The maximum Gasteiger partial charge on any atom is 0.316 e. The summed E-state index contributed by atoms with van der Waals surface area (Å²) >= 11 is 0. The maximum absolute atomic E-state index is 8.00. The summed E-state index contributed by atoms with van der Waals surface area (Å²) in [5, 5.41) is 0. The van der Waals surface area contributed by atoms with Gasteiger partial charge in [0.15, 0.2) is 0 Å². The van der Waals surface area contributed by atoms with Gasteiger partial charge in [0, 0.05) is 21.7 Å². The SMILES string of the molecule is C=O.[MgH2].[Ti]. The van der Waals surface area contributed by atoms with Crippen molar-refractivity contribution in [1.82, 2.24) is 0 Å². The second-order valence-electron chi connectivity index (χ2n) is 0. The molecule has 4 heavy (non-hydrogen) atoms. The van der Waals surface area contributed by atoms with Crippen LogP contribution in [0.3, 0.4) is 0 Å². The van der Waals surface area contributed by atoms with E-state index in [0.717, 1.165) is 0 Å². The first-order valence-electron chi connectivity index (χ1n) is 0.289. The van der Waals surface area contributed by atoms with E-state index in [2.05, 4.69) is 0 Å². The molecule has 0 aliphatic rings. The third-order valence-corrected chi connectivity index (χ3v) is 0. The van der Waals surface area contributed by atoms with Gasteiger partial charge >= 0.3 is 23.1 Å². The molecule has 0 spiro atoms. The summed E-state index contributed by atoms with van der Waals surface area (Å²) in [7, 11) is 0. The zero-order valence-electron chi connectivity index (χ0n) is 1.62. The number of hydrogen-bond acceptors (Lipinski definition) is 1. The third-order valence-electron chi connectivity index (χ3n) is 0. The van der Waals surface area contributed by atoms with E-state index in [0.29, 0.717) is 0 Å². The summed E-state index contributed by atoms with van der Waals surface area (Å²) in [6.45, 7) is 2.00. The van der Waals surface area contributed by atoms with E-state index in [1.54, 1.807) is 0 Å². The van der Waals surface area contributed by atoms with E-state index in [-0.39, 0.29) is 44.8 Å². The Morgan fingerprint density at radius 2 is 1.25 bits per heavy atom. The molecule has 0 aromatic carbocycles. The van der Waals surface area contributed by atoms with Crippen molar-refractivity contribution in [1.29, 1.82) is 0 Å². The summed E-state index contributed by atoms with van der Waals surface area (Å²) in [4.78, 5) is 8.00. The summed E-state index contributed by atoms with van der Waals surface area (Å²) in [6.07, 6.45) is 0. The molecule has 0 rings (SSSR count). The van der Waals surface area contributed by atoms with Gasteiger partial charge in [0.2, 0.25) is 0 Å². The molecule has 0 amide bonds. The second kappa shape index (κ2) is 31.1. The van der Waals surface area contributed by atoms with Crippen LogP contribution in [0.5, 0.6) is 0 Å². The molecule has 1 nitrogen and oxygen atoms in total. The Bertz CT molecular complexity index is 8.00. The van der Waals surface area contributed by atoms with Gasteiger partial charge in [-0.2, -0.15) is 0 Å². The zero-order chi connectivity index (χ0) is 2.00. The molecule has 0 bridgehead atoms. The predicted octanol–water partition coefficient (Wildman–Crippen LogP) is -1.10. The fraction of sp³-hybridized carbons (Fsp3) is 0. The molecule has 0 unspecified atom stereocenters. The van der Waals surface area contributed by atoms with Crippen LogP contribution in [0.4, 0.5) is 0 Å². The van der Waals surface area contributed by atoms with Crippen LogP contribution in [0, 0.1) is 0 Å². The molecule has 0 saturated carbocycles. The molecule has 0 aromatic rings. The minimum Gasteiger partial charge on any atom is -0.307 e. The van der Waals surface area contributed by atoms with Gasteiger partial charge in [-0.25, -0.2) is 0 Å². The topological polar surface area (TPSA) is 17.1 Å². The van der Waals surface area contributed by atoms with E-state index in [9.17, 15) is 0 Å². The van der Waals surface area contributed by atoms with Crippen molar-refractivity contribution in [2.75, 3.05) is 0 Å². The van der Waals surface area contributed by atoms with Crippen molar-refractivity contribution in [3.05, 3.63) is 0 Å². The van der Waals surface area contributed by atoms with Gasteiger partial charge in [-0.1, -0.05) is 0 Å². The first-order chi connectivity index (χ1) is 1.00. The Morgan fingerprint density at radius 3 is 1.25 bits per heavy atom. The van der Waals surface area contributed by atoms with Crippen LogP contribution in [-0.2, 0) is 26.5 Å². The normalized spacial score (nSPS) is 1.00. The fourth-order valence-electron chi connectivity index (χ4n) is 0. The maximum atomic E-state index is 8.00. The van der Waals surface area contributed by atoms with E-state index in [4.69, 9.17) is 4.79 Å². The van der Waals surface area contributed by atoms with E-state index in [1.165, 1.54) is 0 Å². The van der Waals surface area contributed by atoms with Crippen LogP contribution in [-0.4, -0.2) is 29.8 Å². The summed E-state index contributed by atoms with van der Waals surface area (Å²) in [5.41, 5.74) is 0. The number of rotatable bonds is 0. The third kappa shape index (κ3) is 11.0. The fourth-order valence-corrected chi connectivity index (χ4v) is 0. The Labute approximate surface area is 56.2 Å². The van der Waals surface area contributed by atoms with Gasteiger partial charge < -0.3 is 4.79 Å². The molecule has 0 aliphatic carbocycles. The van der Waals surface area contributed by atoms with Gasteiger partial charge in [0.1, 0.15) is 6.79 Å². The first kappa shape index (κ1) is 19.2. The quantitative estimate of drug-likeness (QED) is 0.356. The van der Waals surface area contributed by atoms with E-state index in [1.807, 2.05) is 6.79 Å². The zero-order valence-corrected chi connectivity index (χ0v) is 3.18. The van der Waals surface area contributed by atoms with Crippen molar-refractivity contribution in [2.45, 2.75) is 0 Å². The van der Waals surface area contributed by atoms with Crippen LogP contribution in [0.15, 0.2) is 0 Å². The Morgan fingerprint density at radius 1 is 1.25 bits per heavy atom. The first-order valence-corrected chi connectivity index (χ1v) is 0.289. The molecule has 0 saturated heterocycles. The van der Waals surface area contributed by atoms with Crippen LogP contribution in [0.2, 0.25) is 0 Å². The average Bonchev–Trinajstić information content (AvgIpc) is 1.00. The molecule has 0 heterocycles. The smallest absolute Gasteiger partial charge is 0.307 e. The second-order valence-corrected chi connectivity index (χ2v) is 0. The number of carbonyl (C=O) groups is 1. The molecule has 0 aromatic heterocycles. The minimum absolute atomic E-state index is 0. The van der Waals surface area contributed by atoms with E-state index < -0.39 is 0 Å². The summed E-state index contributed by atoms with van der Waals surface area (Å²) in [6, 6.07) is 0. The average molecular weight is 104 g/mol. The predicted molar refractivity (Wildman–Crippen MR) is 15.7 cm³/mol. The molecular weight excluding hydrogens is 100 g/mol. The van der Waals surface area contributed by atoms with Gasteiger partial charge in [0.25, 0.3) is 0 Å². The van der Waals surface area contributed by atoms with Crippen molar-refractivity contribution in [3.63, 3.8) is 0 Å². The Balaban J connectivity index is -0.00000000500. The van der Waals surface area contributed by atoms with Gasteiger partial charge in [0.05, 0.1) is 0 Å². The number of carbonyl (C=O) groups excluding carboxylic acids is 1. The summed E-state index contributed by atoms with van der Waals surface area (Å²) < 4.78 is 0. The molecule has 20 valence electrons. The van der Waals surface area contributed by atoms with E-state index >= 15 is 0 Å². The van der Waals surface area contributed by atoms with Crippen molar-refractivity contribution in [2.24, 2.45) is 0 Å². The van der Waals surface area contributed by atoms with Crippen molar-refractivity contribution >= 4 is 29.8 Å². The molecule has 0 N–H and O–H groups in total. The van der Waals surface area contributed by atoms with Crippen LogP contribution in [0.1, 0.15) is 0 Å². The molecule has 0 radical (unpaired) electrons. The number of hydrogen-bond donors (Lipinski definition) is 0. The van der Waals surface area contributed by atoms with Crippen LogP contribution in [0.25, 0.3) is 0 Å².